The number of ether oxygens (including phenoxy) is 1. The van der Waals surface area contributed by atoms with E-state index in [1.54, 1.807) is 6.07 Å². The number of benzene rings is 2. The van der Waals surface area contributed by atoms with Crippen LogP contribution in [0.5, 0.6) is 0 Å². The molecule has 168 valence electrons. The number of morpholine rings is 1. The van der Waals surface area contributed by atoms with E-state index in [2.05, 4.69) is 5.32 Å². The van der Waals surface area contributed by atoms with Crippen molar-refractivity contribution in [2.45, 2.75) is 9.79 Å². The Kier molecular flexibility index (Phi) is 6.76. The number of carbonyl (C=O) groups is 1. The number of halogens is 1. The van der Waals surface area contributed by atoms with Gasteiger partial charge in [0.15, 0.2) is 0 Å². The molecule has 0 aliphatic carbocycles. The molecular formula is C19H22FN3O6S2. The number of hydrogen-bond acceptors (Lipinski definition) is 6. The number of carbonyl (C=O) groups excluding carboxylic acids is 1. The number of rotatable bonds is 6. The maximum Gasteiger partial charge on any atom is 0.255 e. The van der Waals surface area contributed by atoms with Crippen molar-refractivity contribution in [3.05, 3.63) is 53.8 Å². The molecule has 3 rings (SSSR count). The van der Waals surface area contributed by atoms with Gasteiger partial charge < -0.3 is 10.1 Å². The molecule has 2 aromatic rings. The molecule has 31 heavy (non-hydrogen) atoms. The predicted octanol–water partition coefficient (Wildman–Crippen LogP) is 1.35. The van der Waals surface area contributed by atoms with Gasteiger partial charge in [-0.05, 0) is 30.3 Å². The lowest BCUT2D eigenvalue weighted by Gasteiger charge is -2.26. The van der Waals surface area contributed by atoms with E-state index in [1.807, 2.05) is 0 Å². The van der Waals surface area contributed by atoms with E-state index in [0.29, 0.717) is 0 Å². The molecule has 0 bridgehead atoms. The van der Waals surface area contributed by atoms with Crippen LogP contribution >= 0.6 is 0 Å². The molecule has 1 aliphatic heterocycles. The van der Waals surface area contributed by atoms with Crippen molar-refractivity contribution in [2.24, 2.45) is 0 Å². The second-order valence-electron chi connectivity index (χ2n) is 6.90. The molecule has 12 heteroatoms. The summed E-state index contributed by atoms with van der Waals surface area (Å²) >= 11 is 0. The van der Waals surface area contributed by atoms with Crippen LogP contribution < -0.4 is 5.32 Å². The van der Waals surface area contributed by atoms with E-state index < -0.39 is 36.7 Å². The van der Waals surface area contributed by atoms with E-state index in [4.69, 9.17) is 4.74 Å². The highest BCUT2D eigenvalue weighted by Crippen LogP contribution is 2.25. The summed E-state index contributed by atoms with van der Waals surface area (Å²) in [5.41, 5.74) is -0.117. The summed E-state index contributed by atoms with van der Waals surface area (Å²) < 4.78 is 72.2. The Morgan fingerprint density at radius 3 is 2.32 bits per heavy atom. The number of nitrogens with zero attached hydrogens (tertiary/aromatic N) is 2. The van der Waals surface area contributed by atoms with Gasteiger partial charge in [0, 0.05) is 32.7 Å². The van der Waals surface area contributed by atoms with Crippen LogP contribution in [0.3, 0.4) is 0 Å². The topological polar surface area (TPSA) is 113 Å². The molecule has 1 N–H and O–H groups in total. The lowest BCUT2D eigenvalue weighted by molar-refractivity contribution is 0.0729. The SMILES string of the molecule is CN(C)S(=O)(=O)c1ccccc1NC(=O)c1ccc(F)c(S(=O)(=O)N2CCOCC2)c1. The van der Waals surface area contributed by atoms with Gasteiger partial charge in [-0.2, -0.15) is 4.31 Å². The molecule has 1 saturated heterocycles. The van der Waals surface area contributed by atoms with Gasteiger partial charge in [-0.3, -0.25) is 4.79 Å². The third-order valence-corrected chi connectivity index (χ3v) is 8.46. The summed E-state index contributed by atoms with van der Waals surface area (Å²) in [6, 6.07) is 8.77. The molecular weight excluding hydrogens is 449 g/mol. The van der Waals surface area contributed by atoms with Gasteiger partial charge in [0.25, 0.3) is 5.91 Å². The molecule has 0 unspecified atom stereocenters. The maximum absolute atomic E-state index is 14.4. The van der Waals surface area contributed by atoms with Crippen molar-refractivity contribution >= 4 is 31.6 Å². The molecule has 0 aromatic heterocycles. The maximum atomic E-state index is 14.4. The first kappa shape index (κ1) is 23.3. The van der Waals surface area contributed by atoms with Gasteiger partial charge in [0.2, 0.25) is 20.0 Å². The minimum absolute atomic E-state index is 0.0168. The van der Waals surface area contributed by atoms with Crippen LogP contribution in [-0.4, -0.2) is 71.8 Å². The van der Waals surface area contributed by atoms with Crippen molar-refractivity contribution in [1.29, 1.82) is 0 Å². The number of anilines is 1. The van der Waals surface area contributed by atoms with Crippen molar-refractivity contribution in [2.75, 3.05) is 45.7 Å². The first-order valence-electron chi connectivity index (χ1n) is 9.25. The molecule has 2 aromatic carbocycles. The summed E-state index contributed by atoms with van der Waals surface area (Å²) in [7, 11) is -5.30. The van der Waals surface area contributed by atoms with Crippen LogP contribution in [0.15, 0.2) is 52.3 Å². The van der Waals surface area contributed by atoms with Gasteiger partial charge >= 0.3 is 0 Å². The van der Waals surface area contributed by atoms with Gasteiger partial charge in [-0.15, -0.1) is 0 Å². The van der Waals surface area contributed by atoms with Crippen LogP contribution in [0.1, 0.15) is 10.4 Å². The normalized spacial score (nSPS) is 15.7. The summed E-state index contributed by atoms with van der Waals surface area (Å²) in [5, 5.41) is 2.47. The van der Waals surface area contributed by atoms with Crippen molar-refractivity contribution in [3.8, 4) is 0 Å². The Morgan fingerprint density at radius 1 is 1.03 bits per heavy atom. The average Bonchev–Trinajstić information content (AvgIpc) is 2.74. The zero-order valence-electron chi connectivity index (χ0n) is 16.9. The molecule has 0 atom stereocenters. The average molecular weight is 472 g/mol. The minimum Gasteiger partial charge on any atom is -0.379 e. The Labute approximate surface area is 180 Å². The number of amides is 1. The first-order chi connectivity index (χ1) is 14.5. The number of nitrogens with one attached hydrogen (secondary N) is 1. The smallest absolute Gasteiger partial charge is 0.255 e. The highest BCUT2D eigenvalue weighted by Gasteiger charge is 2.30. The number of para-hydroxylation sites is 1. The highest BCUT2D eigenvalue weighted by atomic mass is 32.2. The summed E-state index contributed by atoms with van der Waals surface area (Å²) in [4.78, 5) is 12.0. The van der Waals surface area contributed by atoms with Crippen LogP contribution in [-0.2, 0) is 24.8 Å². The summed E-state index contributed by atoms with van der Waals surface area (Å²) in [6.45, 7) is 0.540. The molecule has 0 radical (unpaired) electrons. The van der Waals surface area contributed by atoms with Crippen LogP contribution in [0, 0.1) is 5.82 Å². The third kappa shape index (κ3) is 4.77. The van der Waals surface area contributed by atoms with Crippen LogP contribution in [0.25, 0.3) is 0 Å². The van der Waals surface area contributed by atoms with Gasteiger partial charge in [0.1, 0.15) is 15.6 Å². The molecule has 0 saturated carbocycles. The molecule has 9 nitrogen and oxygen atoms in total. The molecule has 1 fully saturated rings. The van der Waals surface area contributed by atoms with Crippen molar-refractivity contribution in [1.82, 2.24) is 8.61 Å². The standard InChI is InChI=1S/C19H22FN3O6S2/c1-22(2)30(25,26)17-6-4-3-5-16(17)21-19(24)14-7-8-15(20)18(13-14)31(27,28)23-9-11-29-12-10-23/h3-8,13H,9-12H2,1-2H3,(H,21,24). The second kappa shape index (κ2) is 9.01. The van der Waals surface area contributed by atoms with Gasteiger partial charge in [-0.25, -0.2) is 25.5 Å². The predicted molar refractivity (Wildman–Crippen MR) is 111 cm³/mol. The van der Waals surface area contributed by atoms with E-state index >= 15 is 0 Å². The fourth-order valence-corrected chi connectivity index (χ4v) is 5.49. The zero-order chi connectivity index (χ0) is 22.8. The molecule has 1 aliphatic rings. The summed E-state index contributed by atoms with van der Waals surface area (Å²) in [5.74, 6) is -1.77. The van der Waals surface area contributed by atoms with Gasteiger partial charge in [0.05, 0.1) is 18.9 Å². The number of hydrogen-bond donors (Lipinski definition) is 1. The Morgan fingerprint density at radius 2 is 1.68 bits per heavy atom. The van der Waals surface area contributed by atoms with E-state index in [-0.39, 0.29) is 42.4 Å². The Balaban J connectivity index is 1.94. The fraction of sp³-hybridized carbons (Fsp3) is 0.316. The summed E-state index contributed by atoms with van der Waals surface area (Å²) in [6.07, 6.45) is 0. The van der Waals surface area contributed by atoms with E-state index in [0.717, 1.165) is 26.8 Å². The first-order valence-corrected chi connectivity index (χ1v) is 12.1. The molecule has 1 amide bonds. The lowest BCUT2D eigenvalue weighted by atomic mass is 10.2. The monoisotopic (exact) mass is 471 g/mol. The van der Waals surface area contributed by atoms with Crippen LogP contribution in [0.2, 0.25) is 0 Å². The van der Waals surface area contributed by atoms with E-state index in [9.17, 15) is 26.0 Å². The third-order valence-electron chi connectivity index (χ3n) is 4.68. The second-order valence-corrected chi connectivity index (χ2v) is 10.9. The largest absolute Gasteiger partial charge is 0.379 e. The van der Waals surface area contributed by atoms with Crippen molar-refractivity contribution in [3.63, 3.8) is 0 Å². The zero-order valence-corrected chi connectivity index (χ0v) is 18.5. The minimum atomic E-state index is -4.17. The molecule has 0 spiro atoms. The Bertz CT molecular complexity index is 1190. The van der Waals surface area contributed by atoms with Crippen molar-refractivity contribution < 1.29 is 30.8 Å². The molecule has 1 heterocycles. The lowest BCUT2D eigenvalue weighted by Crippen LogP contribution is -2.41. The fourth-order valence-electron chi connectivity index (χ4n) is 2.95. The Hall–Kier alpha value is -2.38. The van der Waals surface area contributed by atoms with Crippen LogP contribution in [0.4, 0.5) is 10.1 Å². The quantitative estimate of drug-likeness (QED) is 0.681. The van der Waals surface area contributed by atoms with E-state index in [1.165, 1.54) is 32.3 Å². The van der Waals surface area contributed by atoms with Gasteiger partial charge in [-0.1, -0.05) is 12.1 Å². The highest BCUT2D eigenvalue weighted by molar-refractivity contribution is 7.89. The number of sulfonamides is 2.